The second-order valence-corrected chi connectivity index (χ2v) is 5.18. The third kappa shape index (κ3) is 4.90. The number of rotatable bonds is 6. The third-order valence-corrected chi connectivity index (χ3v) is 3.44. The first-order valence-corrected chi connectivity index (χ1v) is 7.31. The van der Waals surface area contributed by atoms with Crippen LogP contribution in [0.15, 0.2) is 60.7 Å². The van der Waals surface area contributed by atoms with Crippen molar-refractivity contribution in [2.45, 2.75) is 19.1 Å². The largest absolute Gasteiger partial charge is 0.445 e. The first-order valence-electron chi connectivity index (χ1n) is 7.31. The Hall–Kier alpha value is -2.33. The number of carbonyl (C=O) groups excluding carboxylic acids is 1. The molecule has 4 nitrogen and oxygen atoms in total. The summed E-state index contributed by atoms with van der Waals surface area (Å²) in [6.07, 6.45) is -0.490. The van der Waals surface area contributed by atoms with Gasteiger partial charge in [0.25, 0.3) is 0 Å². The van der Waals surface area contributed by atoms with Crippen LogP contribution in [-0.4, -0.2) is 29.7 Å². The second-order valence-electron chi connectivity index (χ2n) is 5.18. The molecule has 116 valence electrons. The quantitative estimate of drug-likeness (QED) is 0.889. The standard InChI is InChI=1S/C18H21NO3/c1-19(13-12-17(20)16-10-6-3-7-11-16)18(21)22-14-15-8-4-2-5-9-15/h2-11,17,20H,12-14H2,1H3. The Morgan fingerprint density at radius 3 is 2.32 bits per heavy atom. The van der Waals surface area contributed by atoms with Crippen LogP contribution in [0, 0.1) is 0 Å². The Bertz CT molecular complexity index is 571. The predicted molar refractivity (Wildman–Crippen MR) is 85.3 cm³/mol. The molecule has 1 atom stereocenters. The van der Waals surface area contributed by atoms with Crippen molar-refractivity contribution in [3.05, 3.63) is 71.8 Å². The van der Waals surface area contributed by atoms with Gasteiger partial charge in [0.15, 0.2) is 0 Å². The van der Waals surface area contributed by atoms with Gasteiger partial charge in [-0.05, 0) is 17.5 Å². The summed E-state index contributed by atoms with van der Waals surface area (Å²) in [5.74, 6) is 0. The zero-order valence-electron chi connectivity index (χ0n) is 12.7. The van der Waals surface area contributed by atoms with Gasteiger partial charge in [-0.15, -0.1) is 0 Å². The van der Waals surface area contributed by atoms with Crippen molar-refractivity contribution in [2.75, 3.05) is 13.6 Å². The van der Waals surface area contributed by atoms with Crippen LogP contribution in [0.3, 0.4) is 0 Å². The number of ether oxygens (including phenoxy) is 1. The molecule has 0 aliphatic heterocycles. The lowest BCUT2D eigenvalue weighted by Gasteiger charge is -2.19. The highest BCUT2D eigenvalue weighted by Crippen LogP contribution is 2.16. The maximum Gasteiger partial charge on any atom is 0.409 e. The first-order chi connectivity index (χ1) is 10.7. The van der Waals surface area contributed by atoms with E-state index in [2.05, 4.69) is 0 Å². The smallest absolute Gasteiger partial charge is 0.409 e. The van der Waals surface area contributed by atoms with Crippen LogP contribution in [0.25, 0.3) is 0 Å². The van der Waals surface area contributed by atoms with Crippen molar-refractivity contribution in [3.8, 4) is 0 Å². The summed E-state index contributed by atoms with van der Waals surface area (Å²) in [5.41, 5.74) is 1.81. The molecule has 0 radical (unpaired) electrons. The van der Waals surface area contributed by atoms with E-state index in [-0.39, 0.29) is 12.7 Å². The Balaban J connectivity index is 1.74. The van der Waals surface area contributed by atoms with E-state index < -0.39 is 6.10 Å². The van der Waals surface area contributed by atoms with Crippen molar-refractivity contribution in [3.63, 3.8) is 0 Å². The van der Waals surface area contributed by atoms with Crippen LogP contribution in [0.2, 0.25) is 0 Å². The molecule has 0 fully saturated rings. The molecule has 1 amide bonds. The van der Waals surface area contributed by atoms with Gasteiger partial charge in [0.1, 0.15) is 6.61 Å². The minimum absolute atomic E-state index is 0.255. The molecule has 2 aromatic rings. The molecule has 0 heterocycles. The van der Waals surface area contributed by atoms with Crippen molar-refractivity contribution >= 4 is 6.09 Å². The molecule has 1 unspecified atom stereocenters. The summed E-state index contributed by atoms with van der Waals surface area (Å²) >= 11 is 0. The molecule has 0 bridgehead atoms. The highest BCUT2D eigenvalue weighted by atomic mass is 16.6. The lowest BCUT2D eigenvalue weighted by atomic mass is 10.1. The molecule has 0 aromatic heterocycles. The third-order valence-electron chi connectivity index (χ3n) is 3.44. The van der Waals surface area contributed by atoms with Crippen LogP contribution < -0.4 is 0 Å². The van der Waals surface area contributed by atoms with Gasteiger partial charge in [0, 0.05) is 13.6 Å². The van der Waals surface area contributed by atoms with Gasteiger partial charge in [0.2, 0.25) is 0 Å². The highest BCUT2D eigenvalue weighted by Gasteiger charge is 2.13. The van der Waals surface area contributed by atoms with E-state index in [1.54, 1.807) is 7.05 Å². The van der Waals surface area contributed by atoms with Crippen LogP contribution >= 0.6 is 0 Å². The Kier molecular flexibility index (Phi) is 5.98. The van der Waals surface area contributed by atoms with Crippen LogP contribution in [-0.2, 0) is 11.3 Å². The number of amides is 1. The van der Waals surface area contributed by atoms with Gasteiger partial charge in [-0.1, -0.05) is 60.7 Å². The van der Waals surface area contributed by atoms with E-state index in [0.717, 1.165) is 11.1 Å². The average molecular weight is 299 g/mol. The van der Waals surface area contributed by atoms with E-state index >= 15 is 0 Å². The summed E-state index contributed by atoms with van der Waals surface area (Å²) in [6.45, 7) is 0.689. The van der Waals surface area contributed by atoms with Crippen molar-refractivity contribution in [1.29, 1.82) is 0 Å². The fourth-order valence-electron chi connectivity index (χ4n) is 2.08. The van der Waals surface area contributed by atoms with Crippen molar-refractivity contribution < 1.29 is 14.6 Å². The summed E-state index contributed by atoms with van der Waals surface area (Å²) < 4.78 is 5.23. The monoisotopic (exact) mass is 299 g/mol. The SMILES string of the molecule is CN(CCC(O)c1ccccc1)C(=O)OCc1ccccc1. The van der Waals surface area contributed by atoms with Crippen molar-refractivity contribution in [1.82, 2.24) is 4.90 Å². The van der Waals surface area contributed by atoms with E-state index in [9.17, 15) is 9.90 Å². The van der Waals surface area contributed by atoms with Gasteiger partial charge in [-0.25, -0.2) is 4.79 Å². The first kappa shape index (κ1) is 16.0. The predicted octanol–water partition coefficient (Wildman–Crippen LogP) is 3.38. The van der Waals surface area contributed by atoms with Crippen LogP contribution in [0.5, 0.6) is 0 Å². The molecule has 22 heavy (non-hydrogen) atoms. The summed E-state index contributed by atoms with van der Waals surface area (Å²) in [6, 6.07) is 19.0. The molecule has 2 aromatic carbocycles. The van der Waals surface area contributed by atoms with E-state index in [1.165, 1.54) is 4.90 Å². The number of aliphatic hydroxyl groups excluding tert-OH is 1. The molecule has 0 saturated heterocycles. The average Bonchev–Trinajstić information content (AvgIpc) is 2.58. The highest BCUT2D eigenvalue weighted by molar-refractivity contribution is 5.67. The van der Waals surface area contributed by atoms with Crippen LogP contribution in [0.4, 0.5) is 4.79 Å². The van der Waals surface area contributed by atoms with Gasteiger partial charge < -0.3 is 14.7 Å². The van der Waals surface area contributed by atoms with E-state index in [0.29, 0.717) is 13.0 Å². The number of carbonyl (C=O) groups is 1. The summed E-state index contributed by atoms with van der Waals surface area (Å²) in [5, 5.41) is 10.1. The number of benzene rings is 2. The topological polar surface area (TPSA) is 49.8 Å². The molecular formula is C18H21NO3. The van der Waals surface area contributed by atoms with Crippen LogP contribution in [0.1, 0.15) is 23.7 Å². The zero-order valence-corrected chi connectivity index (χ0v) is 12.7. The van der Waals surface area contributed by atoms with E-state index in [1.807, 2.05) is 60.7 Å². The zero-order chi connectivity index (χ0) is 15.8. The molecule has 1 N–H and O–H groups in total. The number of aliphatic hydroxyl groups is 1. The minimum atomic E-state index is -0.578. The fourth-order valence-corrected chi connectivity index (χ4v) is 2.08. The Morgan fingerprint density at radius 1 is 1.09 bits per heavy atom. The minimum Gasteiger partial charge on any atom is -0.445 e. The van der Waals surface area contributed by atoms with Gasteiger partial charge in [-0.3, -0.25) is 0 Å². The molecule has 4 heteroatoms. The van der Waals surface area contributed by atoms with Gasteiger partial charge in [0.05, 0.1) is 6.10 Å². The molecule has 0 aliphatic carbocycles. The lowest BCUT2D eigenvalue weighted by Crippen LogP contribution is -2.29. The summed E-state index contributed by atoms with van der Waals surface area (Å²) in [7, 11) is 1.67. The second kappa shape index (κ2) is 8.20. The Morgan fingerprint density at radius 2 is 1.68 bits per heavy atom. The molecule has 0 spiro atoms. The number of hydrogen-bond acceptors (Lipinski definition) is 3. The Labute approximate surface area is 131 Å². The normalized spacial score (nSPS) is 11.7. The number of hydrogen-bond donors (Lipinski definition) is 1. The molecule has 0 saturated carbocycles. The fraction of sp³-hybridized carbons (Fsp3) is 0.278. The van der Waals surface area contributed by atoms with E-state index in [4.69, 9.17) is 4.74 Å². The molecule has 0 aliphatic rings. The lowest BCUT2D eigenvalue weighted by molar-refractivity contribution is 0.0950. The van der Waals surface area contributed by atoms with Gasteiger partial charge >= 0.3 is 6.09 Å². The summed E-state index contributed by atoms with van der Waals surface area (Å²) in [4.78, 5) is 13.4. The maximum atomic E-state index is 11.9. The molecular weight excluding hydrogens is 278 g/mol. The molecule has 2 rings (SSSR count). The maximum absolute atomic E-state index is 11.9. The number of nitrogens with zero attached hydrogens (tertiary/aromatic N) is 1. The van der Waals surface area contributed by atoms with Gasteiger partial charge in [-0.2, -0.15) is 0 Å². The van der Waals surface area contributed by atoms with Crippen molar-refractivity contribution in [2.24, 2.45) is 0 Å².